The van der Waals surface area contributed by atoms with E-state index in [1.807, 2.05) is 0 Å². The molecule has 0 spiro atoms. The third-order valence-electron chi connectivity index (χ3n) is 5.62. The Hall–Kier alpha value is -1.44. The van der Waals surface area contributed by atoms with E-state index in [1.165, 1.54) is 57.3 Å². The van der Waals surface area contributed by atoms with Crippen molar-refractivity contribution < 1.29 is 4.39 Å². The minimum absolute atomic E-state index is 0.328. The third kappa shape index (κ3) is 4.34. The zero-order valence-corrected chi connectivity index (χ0v) is 14.7. The summed E-state index contributed by atoms with van der Waals surface area (Å²) in [6.07, 6.45) is 6.56. The maximum Gasteiger partial charge on any atom is 0.124 e. The number of piperidine rings is 2. The van der Waals surface area contributed by atoms with Crippen LogP contribution in [0.1, 0.15) is 50.2 Å². The lowest BCUT2D eigenvalue weighted by atomic mass is 9.94. The van der Waals surface area contributed by atoms with Gasteiger partial charge in [0, 0.05) is 25.7 Å². The first-order chi connectivity index (χ1) is 11.7. The smallest absolute Gasteiger partial charge is 0.124 e. The van der Waals surface area contributed by atoms with Gasteiger partial charge in [0.05, 0.1) is 11.6 Å². The number of benzene rings is 1. The van der Waals surface area contributed by atoms with E-state index in [0.29, 0.717) is 11.5 Å². The summed E-state index contributed by atoms with van der Waals surface area (Å²) >= 11 is 0. The molecule has 2 fully saturated rings. The van der Waals surface area contributed by atoms with Crippen molar-refractivity contribution >= 4 is 0 Å². The van der Waals surface area contributed by atoms with Gasteiger partial charge >= 0.3 is 0 Å². The zero-order chi connectivity index (χ0) is 16.9. The van der Waals surface area contributed by atoms with Crippen molar-refractivity contribution in [2.75, 3.05) is 26.2 Å². The molecule has 24 heavy (non-hydrogen) atoms. The molecule has 2 atom stereocenters. The average Bonchev–Trinajstić information content (AvgIpc) is 2.59. The first kappa shape index (κ1) is 17.4. The van der Waals surface area contributed by atoms with Crippen molar-refractivity contribution in [3.05, 3.63) is 35.1 Å². The Labute approximate surface area is 145 Å². The summed E-state index contributed by atoms with van der Waals surface area (Å²) in [5.74, 6) is 0.385. The lowest BCUT2D eigenvalue weighted by Gasteiger charge is -2.39. The molecular weight excluding hydrogens is 301 g/mol. The summed E-state index contributed by atoms with van der Waals surface area (Å²) in [7, 11) is 0. The van der Waals surface area contributed by atoms with Crippen molar-refractivity contribution in [2.45, 2.75) is 51.6 Å². The molecule has 2 saturated heterocycles. The highest BCUT2D eigenvalue weighted by Crippen LogP contribution is 2.24. The maximum absolute atomic E-state index is 13.3. The largest absolute Gasteiger partial charge is 0.300 e. The highest BCUT2D eigenvalue weighted by Gasteiger charge is 2.26. The second-order valence-corrected chi connectivity index (χ2v) is 7.50. The summed E-state index contributed by atoms with van der Waals surface area (Å²) < 4.78 is 13.3. The molecule has 2 aliphatic rings. The number of likely N-dealkylation sites (tertiary alicyclic amines) is 2. The van der Waals surface area contributed by atoms with Crippen LogP contribution in [-0.2, 0) is 6.54 Å². The predicted molar refractivity (Wildman–Crippen MR) is 94.0 cm³/mol. The molecule has 2 unspecified atom stereocenters. The third-order valence-corrected chi connectivity index (χ3v) is 5.62. The fraction of sp³-hybridized carbons (Fsp3) is 0.650. The predicted octanol–water partition coefficient (Wildman–Crippen LogP) is 3.78. The Morgan fingerprint density at radius 1 is 1.21 bits per heavy atom. The van der Waals surface area contributed by atoms with Crippen LogP contribution >= 0.6 is 0 Å². The normalized spacial score (nSPS) is 26.2. The van der Waals surface area contributed by atoms with Crippen molar-refractivity contribution in [3.63, 3.8) is 0 Å². The highest BCUT2D eigenvalue weighted by molar-refractivity contribution is 5.37. The first-order valence-corrected chi connectivity index (χ1v) is 9.30. The SMILES string of the molecule is CC1CCCCN1CC1CCCN(Cc2ccc(F)cc2C#N)C1. The second kappa shape index (κ2) is 8.09. The topological polar surface area (TPSA) is 30.3 Å². The molecule has 0 bridgehead atoms. The monoisotopic (exact) mass is 329 g/mol. The van der Waals surface area contributed by atoms with Crippen LogP contribution in [-0.4, -0.2) is 42.0 Å². The fourth-order valence-electron chi connectivity index (χ4n) is 4.24. The van der Waals surface area contributed by atoms with E-state index < -0.39 is 0 Å². The number of nitriles is 1. The molecule has 0 aliphatic carbocycles. The van der Waals surface area contributed by atoms with E-state index in [0.717, 1.165) is 31.2 Å². The lowest BCUT2D eigenvalue weighted by Crippen LogP contribution is -2.45. The van der Waals surface area contributed by atoms with Gasteiger partial charge in [0.1, 0.15) is 5.82 Å². The van der Waals surface area contributed by atoms with Crippen LogP contribution in [0.4, 0.5) is 4.39 Å². The van der Waals surface area contributed by atoms with Gasteiger partial charge in [-0.05, 0) is 69.3 Å². The Bertz CT molecular complexity index is 595. The Kier molecular flexibility index (Phi) is 5.86. The van der Waals surface area contributed by atoms with Gasteiger partial charge < -0.3 is 4.90 Å². The Morgan fingerprint density at radius 2 is 2.08 bits per heavy atom. The average molecular weight is 329 g/mol. The van der Waals surface area contributed by atoms with Crippen molar-refractivity contribution in [1.29, 1.82) is 5.26 Å². The van der Waals surface area contributed by atoms with Gasteiger partial charge in [-0.2, -0.15) is 5.26 Å². The summed E-state index contributed by atoms with van der Waals surface area (Å²) in [6, 6.07) is 7.44. The molecule has 1 aromatic carbocycles. The Balaban J connectivity index is 1.58. The minimum atomic E-state index is -0.328. The number of hydrogen-bond donors (Lipinski definition) is 0. The number of rotatable bonds is 4. The van der Waals surface area contributed by atoms with Gasteiger partial charge in [0.2, 0.25) is 0 Å². The van der Waals surface area contributed by atoms with Crippen LogP contribution < -0.4 is 0 Å². The van der Waals surface area contributed by atoms with E-state index in [1.54, 1.807) is 6.07 Å². The molecule has 2 aliphatic heterocycles. The van der Waals surface area contributed by atoms with E-state index in [9.17, 15) is 9.65 Å². The molecule has 3 nitrogen and oxygen atoms in total. The van der Waals surface area contributed by atoms with Gasteiger partial charge in [-0.1, -0.05) is 12.5 Å². The fourth-order valence-corrected chi connectivity index (χ4v) is 4.24. The molecule has 0 N–H and O–H groups in total. The Morgan fingerprint density at radius 3 is 2.88 bits per heavy atom. The maximum atomic E-state index is 13.3. The first-order valence-electron chi connectivity index (χ1n) is 9.30. The minimum Gasteiger partial charge on any atom is -0.300 e. The van der Waals surface area contributed by atoms with Crippen molar-refractivity contribution in [1.82, 2.24) is 9.80 Å². The van der Waals surface area contributed by atoms with Crippen LogP contribution in [0.15, 0.2) is 18.2 Å². The molecule has 0 amide bonds. The number of hydrogen-bond acceptors (Lipinski definition) is 3. The lowest BCUT2D eigenvalue weighted by molar-refractivity contribution is 0.0912. The molecule has 3 rings (SSSR count). The molecule has 1 aromatic rings. The standard InChI is InChI=1S/C20H28FN3/c1-16-5-2-3-10-24(16)14-17-6-4-9-23(13-17)15-18-7-8-20(21)11-19(18)12-22/h7-8,11,16-17H,2-6,9-10,13-15H2,1H3. The molecule has 130 valence electrons. The quantitative estimate of drug-likeness (QED) is 0.842. The molecule has 2 heterocycles. The zero-order valence-electron chi connectivity index (χ0n) is 14.7. The van der Waals surface area contributed by atoms with Gasteiger partial charge in [-0.15, -0.1) is 0 Å². The van der Waals surface area contributed by atoms with E-state index >= 15 is 0 Å². The number of nitrogens with zero attached hydrogens (tertiary/aromatic N) is 3. The molecule has 0 radical (unpaired) electrons. The highest BCUT2D eigenvalue weighted by atomic mass is 19.1. The second-order valence-electron chi connectivity index (χ2n) is 7.50. The van der Waals surface area contributed by atoms with Gasteiger partial charge in [0.25, 0.3) is 0 Å². The van der Waals surface area contributed by atoms with Crippen LogP contribution in [0.2, 0.25) is 0 Å². The van der Waals surface area contributed by atoms with Gasteiger partial charge in [0.15, 0.2) is 0 Å². The van der Waals surface area contributed by atoms with Crippen molar-refractivity contribution in [2.24, 2.45) is 5.92 Å². The van der Waals surface area contributed by atoms with Crippen molar-refractivity contribution in [3.8, 4) is 6.07 Å². The van der Waals surface area contributed by atoms with Gasteiger partial charge in [-0.25, -0.2) is 4.39 Å². The van der Waals surface area contributed by atoms with Crippen LogP contribution in [0.25, 0.3) is 0 Å². The summed E-state index contributed by atoms with van der Waals surface area (Å²) in [5, 5.41) is 9.23. The van der Waals surface area contributed by atoms with E-state index in [4.69, 9.17) is 0 Å². The molecule has 0 saturated carbocycles. The summed E-state index contributed by atoms with van der Waals surface area (Å²) in [4.78, 5) is 5.10. The van der Waals surface area contributed by atoms with Gasteiger partial charge in [-0.3, -0.25) is 4.90 Å². The molecule has 4 heteroatoms. The molecular formula is C20H28FN3. The van der Waals surface area contributed by atoms with Crippen LogP contribution in [0, 0.1) is 23.1 Å². The summed E-state index contributed by atoms with van der Waals surface area (Å²) in [5.41, 5.74) is 1.42. The van der Waals surface area contributed by atoms with Crippen LogP contribution in [0.5, 0.6) is 0 Å². The van der Waals surface area contributed by atoms with E-state index in [2.05, 4.69) is 22.8 Å². The van der Waals surface area contributed by atoms with Crippen LogP contribution in [0.3, 0.4) is 0 Å². The molecule has 0 aromatic heterocycles. The van der Waals surface area contributed by atoms with E-state index in [-0.39, 0.29) is 5.82 Å². The summed E-state index contributed by atoms with van der Waals surface area (Å²) in [6.45, 7) is 7.73. The number of halogens is 1.